The lowest BCUT2D eigenvalue weighted by Gasteiger charge is -2.33. The second-order valence-electron chi connectivity index (χ2n) is 5.05. The molecule has 82 valence electrons. The average molecular weight is 196 g/mol. The Balaban J connectivity index is 1.92. The van der Waals surface area contributed by atoms with Gasteiger partial charge in [-0.1, -0.05) is 12.8 Å². The minimum Gasteiger partial charge on any atom is -0.329 e. The van der Waals surface area contributed by atoms with E-state index in [1.807, 2.05) is 0 Å². The molecular weight excluding hydrogens is 172 g/mol. The monoisotopic (exact) mass is 196 g/mol. The van der Waals surface area contributed by atoms with Crippen molar-refractivity contribution in [2.45, 2.75) is 57.5 Å². The summed E-state index contributed by atoms with van der Waals surface area (Å²) in [5.74, 6) is 0.960. The average Bonchev–Trinajstić information content (AvgIpc) is 2.87. The van der Waals surface area contributed by atoms with Crippen LogP contribution < -0.4 is 5.73 Å². The summed E-state index contributed by atoms with van der Waals surface area (Å²) in [6.45, 7) is 4.57. The lowest BCUT2D eigenvalue weighted by Crippen LogP contribution is -2.44. The minimum atomic E-state index is 0.686. The number of rotatable bonds is 3. The molecule has 1 aliphatic heterocycles. The molecule has 0 aromatic rings. The number of nitrogens with zero attached hydrogens (tertiary/aromatic N) is 1. The Morgan fingerprint density at radius 1 is 1.21 bits per heavy atom. The van der Waals surface area contributed by atoms with Crippen molar-refractivity contribution in [3.8, 4) is 0 Å². The molecule has 1 saturated carbocycles. The number of hydrogen-bond acceptors (Lipinski definition) is 2. The van der Waals surface area contributed by atoms with Gasteiger partial charge in [-0.15, -0.1) is 0 Å². The lowest BCUT2D eigenvalue weighted by molar-refractivity contribution is 0.144. The molecule has 0 radical (unpaired) electrons. The SMILES string of the molecule is CC(C1CCCC1)N1CCCC1CN. The minimum absolute atomic E-state index is 0.686. The predicted molar refractivity (Wildman–Crippen MR) is 60.2 cm³/mol. The van der Waals surface area contributed by atoms with Crippen LogP contribution in [0.4, 0.5) is 0 Å². The van der Waals surface area contributed by atoms with Gasteiger partial charge in [-0.3, -0.25) is 4.90 Å². The van der Waals surface area contributed by atoms with Crippen molar-refractivity contribution >= 4 is 0 Å². The highest BCUT2D eigenvalue weighted by Gasteiger charge is 2.32. The highest BCUT2D eigenvalue weighted by atomic mass is 15.2. The van der Waals surface area contributed by atoms with Crippen LogP contribution in [0.3, 0.4) is 0 Å². The maximum Gasteiger partial charge on any atom is 0.0221 e. The first-order valence-electron chi connectivity index (χ1n) is 6.28. The Kier molecular flexibility index (Phi) is 3.45. The zero-order valence-electron chi connectivity index (χ0n) is 9.41. The summed E-state index contributed by atoms with van der Waals surface area (Å²) >= 11 is 0. The highest BCUT2D eigenvalue weighted by Crippen LogP contribution is 2.33. The zero-order valence-corrected chi connectivity index (χ0v) is 9.41. The fourth-order valence-corrected chi connectivity index (χ4v) is 3.36. The molecule has 1 saturated heterocycles. The Hall–Kier alpha value is -0.0800. The third kappa shape index (κ3) is 1.96. The molecule has 2 fully saturated rings. The van der Waals surface area contributed by atoms with Crippen molar-refractivity contribution in [1.82, 2.24) is 4.90 Å². The zero-order chi connectivity index (χ0) is 9.97. The van der Waals surface area contributed by atoms with E-state index in [1.54, 1.807) is 0 Å². The summed E-state index contributed by atoms with van der Waals surface area (Å²) in [5.41, 5.74) is 5.82. The fourth-order valence-electron chi connectivity index (χ4n) is 3.36. The molecule has 0 aromatic heterocycles. The summed E-state index contributed by atoms with van der Waals surface area (Å²) in [6, 6.07) is 1.47. The molecule has 2 N–H and O–H groups in total. The molecule has 1 heterocycles. The van der Waals surface area contributed by atoms with Crippen LogP contribution in [0.15, 0.2) is 0 Å². The van der Waals surface area contributed by atoms with Crippen LogP contribution in [-0.4, -0.2) is 30.1 Å². The van der Waals surface area contributed by atoms with E-state index in [0.717, 1.165) is 18.5 Å². The van der Waals surface area contributed by atoms with Gasteiger partial charge in [0.15, 0.2) is 0 Å². The molecule has 2 aliphatic rings. The van der Waals surface area contributed by atoms with Gasteiger partial charge in [-0.05, 0) is 45.1 Å². The Morgan fingerprint density at radius 3 is 2.57 bits per heavy atom. The molecule has 0 amide bonds. The van der Waals surface area contributed by atoms with E-state index in [0.29, 0.717) is 6.04 Å². The van der Waals surface area contributed by atoms with Gasteiger partial charge in [-0.2, -0.15) is 0 Å². The van der Waals surface area contributed by atoms with Gasteiger partial charge < -0.3 is 5.73 Å². The van der Waals surface area contributed by atoms with Gasteiger partial charge in [0.1, 0.15) is 0 Å². The standard InChI is InChI=1S/C12H24N2/c1-10(11-5-2-3-6-11)14-8-4-7-12(14)9-13/h10-12H,2-9,13H2,1H3. The quantitative estimate of drug-likeness (QED) is 0.748. The molecule has 2 heteroatoms. The Morgan fingerprint density at radius 2 is 1.93 bits per heavy atom. The van der Waals surface area contributed by atoms with E-state index in [1.165, 1.54) is 45.1 Å². The van der Waals surface area contributed by atoms with E-state index in [9.17, 15) is 0 Å². The molecule has 2 atom stereocenters. The van der Waals surface area contributed by atoms with Gasteiger partial charge in [0, 0.05) is 18.6 Å². The van der Waals surface area contributed by atoms with Crippen molar-refractivity contribution < 1.29 is 0 Å². The van der Waals surface area contributed by atoms with Gasteiger partial charge in [0.2, 0.25) is 0 Å². The summed E-state index contributed by atoms with van der Waals surface area (Å²) < 4.78 is 0. The molecule has 0 bridgehead atoms. The van der Waals surface area contributed by atoms with Crippen molar-refractivity contribution in [1.29, 1.82) is 0 Å². The van der Waals surface area contributed by atoms with Crippen LogP contribution in [0.2, 0.25) is 0 Å². The normalized spacial score (nSPS) is 32.6. The molecule has 0 aromatic carbocycles. The van der Waals surface area contributed by atoms with Crippen molar-refractivity contribution in [3.05, 3.63) is 0 Å². The van der Waals surface area contributed by atoms with Crippen molar-refractivity contribution in [2.75, 3.05) is 13.1 Å². The summed E-state index contributed by atoms with van der Waals surface area (Å²) in [5, 5.41) is 0. The predicted octanol–water partition coefficient (Wildman–Crippen LogP) is 1.99. The van der Waals surface area contributed by atoms with Gasteiger partial charge in [0.05, 0.1) is 0 Å². The molecular formula is C12H24N2. The highest BCUT2D eigenvalue weighted by molar-refractivity contribution is 4.88. The fraction of sp³-hybridized carbons (Fsp3) is 1.00. The van der Waals surface area contributed by atoms with Crippen LogP contribution in [0.5, 0.6) is 0 Å². The van der Waals surface area contributed by atoms with Crippen LogP contribution in [0.1, 0.15) is 45.4 Å². The third-order valence-electron chi connectivity index (χ3n) is 4.30. The molecule has 0 spiro atoms. The van der Waals surface area contributed by atoms with Crippen molar-refractivity contribution in [3.63, 3.8) is 0 Å². The first-order valence-corrected chi connectivity index (χ1v) is 6.28. The van der Waals surface area contributed by atoms with E-state index < -0.39 is 0 Å². The summed E-state index contributed by atoms with van der Waals surface area (Å²) in [7, 11) is 0. The number of likely N-dealkylation sites (tertiary alicyclic amines) is 1. The maximum atomic E-state index is 5.82. The molecule has 2 nitrogen and oxygen atoms in total. The number of hydrogen-bond donors (Lipinski definition) is 1. The molecule has 2 unspecified atom stereocenters. The first kappa shape index (κ1) is 10.4. The largest absolute Gasteiger partial charge is 0.329 e. The molecule has 1 aliphatic carbocycles. The van der Waals surface area contributed by atoms with Crippen LogP contribution in [0.25, 0.3) is 0 Å². The second kappa shape index (κ2) is 4.63. The lowest BCUT2D eigenvalue weighted by atomic mass is 9.97. The summed E-state index contributed by atoms with van der Waals surface area (Å²) in [6.07, 6.45) is 8.50. The Labute approximate surface area is 87.8 Å². The maximum absolute atomic E-state index is 5.82. The first-order chi connectivity index (χ1) is 6.83. The van der Waals surface area contributed by atoms with E-state index >= 15 is 0 Å². The van der Waals surface area contributed by atoms with E-state index in [-0.39, 0.29) is 0 Å². The van der Waals surface area contributed by atoms with Crippen LogP contribution in [0, 0.1) is 5.92 Å². The van der Waals surface area contributed by atoms with Gasteiger partial charge in [-0.25, -0.2) is 0 Å². The smallest absolute Gasteiger partial charge is 0.0221 e. The molecule has 14 heavy (non-hydrogen) atoms. The number of nitrogens with two attached hydrogens (primary N) is 1. The molecule has 2 rings (SSSR count). The second-order valence-corrected chi connectivity index (χ2v) is 5.05. The van der Waals surface area contributed by atoms with Crippen LogP contribution >= 0.6 is 0 Å². The third-order valence-corrected chi connectivity index (χ3v) is 4.30. The van der Waals surface area contributed by atoms with Crippen LogP contribution in [-0.2, 0) is 0 Å². The van der Waals surface area contributed by atoms with E-state index in [2.05, 4.69) is 11.8 Å². The van der Waals surface area contributed by atoms with Gasteiger partial charge in [0.25, 0.3) is 0 Å². The topological polar surface area (TPSA) is 29.3 Å². The van der Waals surface area contributed by atoms with E-state index in [4.69, 9.17) is 5.73 Å². The Bertz CT molecular complexity index is 175. The summed E-state index contributed by atoms with van der Waals surface area (Å²) in [4.78, 5) is 2.68. The van der Waals surface area contributed by atoms with Crippen molar-refractivity contribution in [2.24, 2.45) is 11.7 Å². The van der Waals surface area contributed by atoms with Gasteiger partial charge >= 0.3 is 0 Å².